The lowest BCUT2D eigenvalue weighted by molar-refractivity contribution is 1.18. The first-order valence-corrected chi connectivity index (χ1v) is 20.6. The van der Waals surface area contributed by atoms with Gasteiger partial charge in [-0.15, -0.1) is 0 Å². The standard InChI is InChI=1S/C58H40N2/c1-4-18-41(19-5-1)49-28-12-13-30-51(49)44-24-16-27-46(38-44)59(48-35-37-55-54-31-14-15-33-57(54)60(58(55)40-48)45-25-8-3-9-26-45)47-34-36-53(56(39-47)43-20-6-2-7-21-43)52-32-17-23-42-22-10-11-29-50(42)52/h1-40H. The lowest BCUT2D eigenvalue weighted by Crippen LogP contribution is -2.10. The van der Waals surface area contributed by atoms with Crippen molar-refractivity contribution in [3.8, 4) is 50.2 Å². The summed E-state index contributed by atoms with van der Waals surface area (Å²) in [4.78, 5) is 2.43. The zero-order valence-corrected chi connectivity index (χ0v) is 33.0. The Hall–Kier alpha value is -7.94. The Bertz CT molecular complexity index is 3300. The second kappa shape index (κ2) is 15.1. The Morgan fingerprint density at radius 1 is 0.267 bits per heavy atom. The number of anilines is 3. The van der Waals surface area contributed by atoms with E-state index in [1.807, 2.05) is 0 Å². The third kappa shape index (κ3) is 6.23. The van der Waals surface area contributed by atoms with Crippen molar-refractivity contribution in [2.24, 2.45) is 0 Å². The third-order valence-electron chi connectivity index (χ3n) is 11.8. The number of benzene rings is 10. The Kier molecular flexibility index (Phi) is 8.87. The molecule has 0 bridgehead atoms. The summed E-state index contributed by atoms with van der Waals surface area (Å²) in [7, 11) is 0. The van der Waals surface area contributed by atoms with Crippen LogP contribution in [0.4, 0.5) is 17.1 Å². The van der Waals surface area contributed by atoms with Crippen LogP contribution >= 0.6 is 0 Å². The summed E-state index contributed by atoms with van der Waals surface area (Å²) in [6.45, 7) is 0. The highest BCUT2D eigenvalue weighted by atomic mass is 15.1. The van der Waals surface area contributed by atoms with Crippen molar-refractivity contribution < 1.29 is 0 Å². The van der Waals surface area contributed by atoms with E-state index in [2.05, 4.69) is 252 Å². The van der Waals surface area contributed by atoms with Gasteiger partial charge in [0, 0.05) is 33.5 Å². The van der Waals surface area contributed by atoms with Crippen LogP contribution in [0.3, 0.4) is 0 Å². The highest BCUT2D eigenvalue weighted by molar-refractivity contribution is 6.10. The van der Waals surface area contributed by atoms with Crippen LogP contribution in [-0.4, -0.2) is 4.57 Å². The van der Waals surface area contributed by atoms with Gasteiger partial charge in [0.2, 0.25) is 0 Å². The largest absolute Gasteiger partial charge is 0.310 e. The Labute approximate surface area is 350 Å². The molecule has 282 valence electrons. The van der Waals surface area contributed by atoms with E-state index in [1.165, 1.54) is 66.0 Å². The first kappa shape index (κ1) is 35.2. The molecule has 60 heavy (non-hydrogen) atoms. The lowest BCUT2D eigenvalue weighted by atomic mass is 9.90. The summed E-state index contributed by atoms with van der Waals surface area (Å²) in [6.07, 6.45) is 0. The van der Waals surface area contributed by atoms with Crippen molar-refractivity contribution in [3.05, 3.63) is 243 Å². The number of nitrogens with zero attached hydrogens (tertiary/aromatic N) is 2. The summed E-state index contributed by atoms with van der Waals surface area (Å²) in [5.74, 6) is 0. The first-order chi connectivity index (χ1) is 29.8. The van der Waals surface area contributed by atoms with Gasteiger partial charge in [-0.3, -0.25) is 0 Å². The summed E-state index contributed by atoms with van der Waals surface area (Å²) in [6, 6.07) is 88.0. The number of hydrogen-bond donors (Lipinski definition) is 0. The van der Waals surface area contributed by atoms with Crippen molar-refractivity contribution in [2.45, 2.75) is 0 Å². The first-order valence-electron chi connectivity index (χ1n) is 20.6. The predicted molar refractivity (Wildman–Crippen MR) is 255 cm³/mol. The monoisotopic (exact) mass is 764 g/mol. The third-order valence-corrected chi connectivity index (χ3v) is 11.8. The molecule has 0 N–H and O–H groups in total. The maximum Gasteiger partial charge on any atom is 0.0561 e. The second-order valence-corrected chi connectivity index (χ2v) is 15.3. The SMILES string of the molecule is c1ccc(-c2ccccc2-c2cccc(N(c3ccc(-c4cccc5ccccc45)c(-c4ccccc4)c3)c3ccc4c5ccccc5n(-c5ccccc5)c4c3)c2)cc1. The van der Waals surface area contributed by atoms with E-state index >= 15 is 0 Å². The molecule has 0 unspecified atom stereocenters. The van der Waals surface area contributed by atoms with Gasteiger partial charge in [-0.2, -0.15) is 0 Å². The molecule has 2 nitrogen and oxygen atoms in total. The minimum Gasteiger partial charge on any atom is -0.310 e. The molecule has 1 aromatic heterocycles. The average molecular weight is 765 g/mol. The summed E-state index contributed by atoms with van der Waals surface area (Å²) in [5, 5.41) is 4.93. The molecule has 11 aromatic rings. The normalized spacial score (nSPS) is 11.3. The van der Waals surface area contributed by atoms with Crippen molar-refractivity contribution >= 4 is 49.6 Å². The second-order valence-electron chi connectivity index (χ2n) is 15.3. The van der Waals surface area contributed by atoms with Gasteiger partial charge >= 0.3 is 0 Å². The van der Waals surface area contributed by atoms with E-state index in [1.54, 1.807) is 0 Å². The van der Waals surface area contributed by atoms with Gasteiger partial charge in [-0.05, 0) is 110 Å². The molecular formula is C58H40N2. The van der Waals surface area contributed by atoms with Crippen LogP contribution < -0.4 is 4.90 Å². The van der Waals surface area contributed by atoms with E-state index in [0.29, 0.717) is 0 Å². The fraction of sp³-hybridized carbons (Fsp3) is 0. The summed E-state index contributed by atoms with van der Waals surface area (Å²) in [5.41, 5.74) is 16.3. The molecule has 0 aliphatic carbocycles. The lowest BCUT2D eigenvalue weighted by Gasteiger charge is -2.28. The van der Waals surface area contributed by atoms with E-state index in [-0.39, 0.29) is 0 Å². The quantitative estimate of drug-likeness (QED) is 0.150. The molecular weight excluding hydrogens is 725 g/mol. The minimum absolute atomic E-state index is 1.08. The van der Waals surface area contributed by atoms with Crippen molar-refractivity contribution in [1.82, 2.24) is 4.57 Å². The van der Waals surface area contributed by atoms with Crippen LogP contribution in [0.1, 0.15) is 0 Å². The Balaban J connectivity index is 1.16. The molecule has 0 fully saturated rings. The number of aromatic nitrogens is 1. The molecule has 0 saturated carbocycles. The van der Waals surface area contributed by atoms with E-state index < -0.39 is 0 Å². The van der Waals surface area contributed by atoms with E-state index in [9.17, 15) is 0 Å². The molecule has 2 heteroatoms. The predicted octanol–water partition coefficient (Wildman–Crippen LogP) is 16.1. The van der Waals surface area contributed by atoms with Crippen LogP contribution in [0.15, 0.2) is 243 Å². The zero-order valence-electron chi connectivity index (χ0n) is 33.0. The van der Waals surface area contributed by atoms with Gasteiger partial charge in [-0.25, -0.2) is 0 Å². The van der Waals surface area contributed by atoms with Crippen LogP contribution in [0.5, 0.6) is 0 Å². The van der Waals surface area contributed by atoms with Gasteiger partial charge in [-0.1, -0.05) is 188 Å². The molecule has 0 atom stereocenters. The fourth-order valence-corrected chi connectivity index (χ4v) is 9.04. The Morgan fingerprint density at radius 3 is 1.57 bits per heavy atom. The maximum atomic E-state index is 2.43. The molecule has 1 heterocycles. The van der Waals surface area contributed by atoms with Crippen molar-refractivity contribution in [1.29, 1.82) is 0 Å². The molecule has 0 aliphatic rings. The fourth-order valence-electron chi connectivity index (χ4n) is 9.04. The highest BCUT2D eigenvalue weighted by Crippen LogP contribution is 2.45. The van der Waals surface area contributed by atoms with Crippen molar-refractivity contribution in [3.63, 3.8) is 0 Å². The molecule has 0 saturated heterocycles. The molecule has 0 amide bonds. The molecule has 0 radical (unpaired) electrons. The topological polar surface area (TPSA) is 8.17 Å². The van der Waals surface area contributed by atoms with Gasteiger partial charge in [0.25, 0.3) is 0 Å². The average Bonchev–Trinajstić information content (AvgIpc) is 3.66. The number of rotatable bonds is 8. The van der Waals surface area contributed by atoms with Crippen LogP contribution in [0, 0.1) is 0 Å². The Morgan fingerprint density at radius 2 is 0.783 bits per heavy atom. The van der Waals surface area contributed by atoms with E-state index in [4.69, 9.17) is 0 Å². The summed E-state index contributed by atoms with van der Waals surface area (Å²) >= 11 is 0. The van der Waals surface area contributed by atoms with Gasteiger partial charge in [0.15, 0.2) is 0 Å². The van der Waals surface area contributed by atoms with Crippen molar-refractivity contribution in [2.75, 3.05) is 4.90 Å². The van der Waals surface area contributed by atoms with Gasteiger partial charge < -0.3 is 9.47 Å². The number of para-hydroxylation sites is 2. The van der Waals surface area contributed by atoms with Crippen LogP contribution in [0.2, 0.25) is 0 Å². The smallest absolute Gasteiger partial charge is 0.0561 e. The van der Waals surface area contributed by atoms with Crippen LogP contribution in [-0.2, 0) is 0 Å². The number of hydrogen-bond acceptors (Lipinski definition) is 1. The number of fused-ring (bicyclic) bond motifs is 4. The van der Waals surface area contributed by atoms with Gasteiger partial charge in [0.1, 0.15) is 0 Å². The van der Waals surface area contributed by atoms with Crippen LogP contribution in [0.25, 0.3) is 82.8 Å². The minimum atomic E-state index is 1.08. The molecule has 0 aliphatic heterocycles. The highest BCUT2D eigenvalue weighted by Gasteiger charge is 2.21. The summed E-state index contributed by atoms with van der Waals surface area (Å²) < 4.78 is 2.40. The van der Waals surface area contributed by atoms with E-state index in [0.717, 1.165) is 33.8 Å². The molecule has 0 spiro atoms. The molecule has 10 aromatic carbocycles. The van der Waals surface area contributed by atoms with Gasteiger partial charge in [0.05, 0.1) is 11.0 Å². The zero-order chi connectivity index (χ0) is 39.8. The maximum absolute atomic E-state index is 2.43. The molecule has 11 rings (SSSR count).